The Hall–Kier alpha value is -3.04. The summed E-state index contributed by atoms with van der Waals surface area (Å²) in [6, 6.07) is 1.67. The maximum atomic E-state index is 13.3. The van der Waals surface area contributed by atoms with Crippen LogP contribution in [0.4, 0.5) is 8.78 Å². The molecule has 0 spiro atoms. The molecule has 1 N–H and O–H groups in total. The fourth-order valence-electron chi connectivity index (χ4n) is 3.28. The molecule has 0 atom stereocenters. The average molecular weight is 376 g/mol. The summed E-state index contributed by atoms with van der Waals surface area (Å²) < 4.78 is 29.7. The SMILES string of the molecule is Cc1c(C(=O)N2CCC(F)(F)CC2)cnn1-c1nc2c(ccn2C)c(=O)[nH]1. The van der Waals surface area contributed by atoms with Gasteiger partial charge < -0.3 is 9.47 Å². The van der Waals surface area contributed by atoms with Gasteiger partial charge in [-0.2, -0.15) is 10.1 Å². The fraction of sp³-hybridized carbons (Fsp3) is 0.412. The second-order valence-corrected chi connectivity index (χ2v) is 6.76. The highest BCUT2D eigenvalue weighted by atomic mass is 19.3. The van der Waals surface area contributed by atoms with Crippen LogP contribution < -0.4 is 5.56 Å². The van der Waals surface area contributed by atoms with Crippen molar-refractivity contribution >= 4 is 16.9 Å². The lowest BCUT2D eigenvalue weighted by Gasteiger charge is -2.31. The van der Waals surface area contributed by atoms with E-state index >= 15 is 0 Å². The predicted molar refractivity (Wildman–Crippen MR) is 93.3 cm³/mol. The normalized spacial score (nSPS) is 16.8. The van der Waals surface area contributed by atoms with Crippen LogP contribution in [0.25, 0.3) is 17.0 Å². The molecule has 4 rings (SSSR count). The second-order valence-electron chi connectivity index (χ2n) is 6.76. The number of alkyl halides is 2. The number of fused-ring (bicyclic) bond motifs is 1. The Balaban J connectivity index is 1.68. The molecule has 0 radical (unpaired) electrons. The molecule has 1 aliphatic rings. The van der Waals surface area contributed by atoms with E-state index in [4.69, 9.17) is 0 Å². The first-order valence-corrected chi connectivity index (χ1v) is 8.54. The summed E-state index contributed by atoms with van der Waals surface area (Å²) in [6.45, 7) is 1.68. The van der Waals surface area contributed by atoms with E-state index in [1.807, 2.05) is 0 Å². The summed E-state index contributed by atoms with van der Waals surface area (Å²) in [6.07, 6.45) is 2.42. The smallest absolute Gasteiger partial charge is 0.261 e. The third kappa shape index (κ3) is 2.90. The zero-order valence-electron chi connectivity index (χ0n) is 14.9. The summed E-state index contributed by atoms with van der Waals surface area (Å²) in [4.78, 5) is 33.4. The molecular weight excluding hydrogens is 358 g/mol. The molecule has 0 saturated carbocycles. The first kappa shape index (κ1) is 17.4. The third-order valence-electron chi connectivity index (χ3n) is 4.94. The van der Waals surface area contributed by atoms with Crippen molar-refractivity contribution < 1.29 is 13.6 Å². The van der Waals surface area contributed by atoms with E-state index < -0.39 is 5.92 Å². The van der Waals surface area contributed by atoms with Gasteiger partial charge in [0.2, 0.25) is 5.95 Å². The molecule has 142 valence electrons. The highest BCUT2D eigenvalue weighted by molar-refractivity contribution is 5.95. The van der Waals surface area contributed by atoms with E-state index in [0.717, 1.165) is 0 Å². The van der Waals surface area contributed by atoms with Crippen molar-refractivity contribution in [1.82, 2.24) is 29.2 Å². The molecule has 1 saturated heterocycles. The molecule has 0 bridgehead atoms. The van der Waals surface area contributed by atoms with Crippen LogP contribution >= 0.6 is 0 Å². The lowest BCUT2D eigenvalue weighted by molar-refractivity contribution is -0.0494. The van der Waals surface area contributed by atoms with Crippen LogP contribution in [0.1, 0.15) is 28.9 Å². The molecule has 1 fully saturated rings. The number of carbonyl (C=O) groups is 1. The van der Waals surface area contributed by atoms with Crippen molar-refractivity contribution in [2.24, 2.45) is 7.05 Å². The lowest BCUT2D eigenvalue weighted by Crippen LogP contribution is -2.42. The Bertz CT molecular complexity index is 1090. The minimum Gasteiger partial charge on any atom is -0.338 e. The number of hydrogen-bond donors (Lipinski definition) is 1. The van der Waals surface area contributed by atoms with Crippen molar-refractivity contribution in [2.45, 2.75) is 25.7 Å². The molecular formula is C17H18F2N6O2. The summed E-state index contributed by atoms with van der Waals surface area (Å²) in [5, 5.41) is 4.63. The van der Waals surface area contributed by atoms with Gasteiger partial charge in [0, 0.05) is 39.2 Å². The maximum Gasteiger partial charge on any atom is 0.261 e. The fourth-order valence-corrected chi connectivity index (χ4v) is 3.28. The molecule has 3 aromatic heterocycles. The molecule has 0 aliphatic carbocycles. The Kier molecular flexibility index (Phi) is 3.86. The van der Waals surface area contributed by atoms with Crippen molar-refractivity contribution in [3.8, 4) is 5.95 Å². The summed E-state index contributed by atoms with van der Waals surface area (Å²) in [7, 11) is 1.77. The minimum atomic E-state index is -2.72. The van der Waals surface area contributed by atoms with Crippen molar-refractivity contribution in [1.29, 1.82) is 0 Å². The van der Waals surface area contributed by atoms with Crippen LogP contribution in [0.2, 0.25) is 0 Å². The number of rotatable bonds is 2. The third-order valence-corrected chi connectivity index (χ3v) is 4.94. The summed E-state index contributed by atoms with van der Waals surface area (Å²) in [5.74, 6) is -2.88. The molecule has 27 heavy (non-hydrogen) atoms. The number of halogens is 2. The van der Waals surface area contributed by atoms with Crippen molar-refractivity contribution in [2.75, 3.05) is 13.1 Å². The molecule has 3 aromatic rings. The standard InChI is InChI=1S/C17H18F2N6O2/c1-10-12(15(27)24-7-4-17(18,19)5-8-24)9-20-25(10)16-21-13-11(14(26)22-16)3-6-23(13)2/h3,6,9H,4-5,7-8H2,1-2H3,(H,21,22,26). The van der Waals surface area contributed by atoms with Gasteiger partial charge in [-0.3, -0.25) is 14.6 Å². The summed E-state index contributed by atoms with van der Waals surface area (Å²) >= 11 is 0. The number of carbonyl (C=O) groups excluding carboxylic acids is 1. The quantitative estimate of drug-likeness (QED) is 0.736. The van der Waals surface area contributed by atoms with Crippen LogP contribution in [-0.4, -0.2) is 54.1 Å². The molecule has 4 heterocycles. The zero-order chi connectivity index (χ0) is 19.3. The van der Waals surface area contributed by atoms with Gasteiger partial charge >= 0.3 is 0 Å². The van der Waals surface area contributed by atoms with Crippen molar-refractivity contribution in [3.05, 3.63) is 40.1 Å². The number of piperidine rings is 1. The molecule has 0 unspecified atom stereocenters. The topological polar surface area (TPSA) is 88.8 Å². The highest BCUT2D eigenvalue weighted by Crippen LogP contribution is 2.28. The number of aromatic nitrogens is 5. The highest BCUT2D eigenvalue weighted by Gasteiger charge is 2.36. The van der Waals surface area contributed by atoms with Crippen LogP contribution in [0.5, 0.6) is 0 Å². The number of aromatic amines is 1. The zero-order valence-corrected chi connectivity index (χ0v) is 14.9. The molecule has 0 aromatic carbocycles. The number of likely N-dealkylation sites (tertiary alicyclic amines) is 1. The van der Waals surface area contributed by atoms with Gasteiger partial charge in [0.15, 0.2) is 0 Å². The second kappa shape index (κ2) is 6.00. The number of amides is 1. The van der Waals surface area contributed by atoms with Gasteiger partial charge in [-0.1, -0.05) is 0 Å². The van der Waals surface area contributed by atoms with Gasteiger partial charge in [-0.25, -0.2) is 13.5 Å². The predicted octanol–water partition coefficient (Wildman–Crippen LogP) is 1.63. The minimum absolute atomic E-state index is 0.000839. The van der Waals surface area contributed by atoms with Gasteiger partial charge in [0.05, 0.1) is 22.8 Å². The average Bonchev–Trinajstić information content (AvgIpc) is 3.18. The van der Waals surface area contributed by atoms with E-state index in [1.54, 1.807) is 30.8 Å². The Morgan fingerprint density at radius 2 is 2.00 bits per heavy atom. The van der Waals surface area contributed by atoms with Crippen LogP contribution in [0.3, 0.4) is 0 Å². The molecule has 1 amide bonds. The van der Waals surface area contributed by atoms with E-state index in [9.17, 15) is 18.4 Å². The number of nitrogens with zero attached hydrogens (tertiary/aromatic N) is 5. The Morgan fingerprint density at radius 3 is 2.70 bits per heavy atom. The monoisotopic (exact) mass is 376 g/mol. The van der Waals surface area contributed by atoms with E-state index in [1.165, 1.54) is 15.8 Å². The molecule has 10 heteroatoms. The molecule has 8 nitrogen and oxygen atoms in total. The van der Waals surface area contributed by atoms with Crippen LogP contribution in [0, 0.1) is 6.92 Å². The Morgan fingerprint density at radius 1 is 1.30 bits per heavy atom. The van der Waals surface area contributed by atoms with Crippen LogP contribution in [0.15, 0.2) is 23.3 Å². The number of H-pyrrole nitrogens is 1. The first-order valence-electron chi connectivity index (χ1n) is 8.54. The summed E-state index contributed by atoms with van der Waals surface area (Å²) in [5.41, 5.74) is 0.968. The van der Waals surface area contributed by atoms with Crippen LogP contribution in [-0.2, 0) is 7.05 Å². The number of nitrogens with one attached hydrogen (secondary N) is 1. The van der Waals surface area contributed by atoms with E-state index in [2.05, 4.69) is 15.1 Å². The van der Waals surface area contributed by atoms with E-state index in [0.29, 0.717) is 22.3 Å². The first-order chi connectivity index (χ1) is 12.8. The number of hydrogen-bond acceptors (Lipinski definition) is 4. The van der Waals surface area contributed by atoms with Gasteiger partial charge in [-0.05, 0) is 13.0 Å². The van der Waals surface area contributed by atoms with E-state index in [-0.39, 0.29) is 43.3 Å². The van der Waals surface area contributed by atoms with Gasteiger partial charge in [0.25, 0.3) is 17.4 Å². The molecule has 1 aliphatic heterocycles. The maximum absolute atomic E-state index is 13.3. The lowest BCUT2D eigenvalue weighted by atomic mass is 10.1. The number of aryl methyl sites for hydroxylation is 1. The van der Waals surface area contributed by atoms with Gasteiger partial charge in [-0.15, -0.1) is 0 Å². The largest absolute Gasteiger partial charge is 0.338 e. The van der Waals surface area contributed by atoms with Gasteiger partial charge in [0.1, 0.15) is 5.65 Å². The van der Waals surface area contributed by atoms with Crippen molar-refractivity contribution in [3.63, 3.8) is 0 Å². The Labute approximate surface area is 152 Å².